The minimum absolute atomic E-state index is 0.00202. The topological polar surface area (TPSA) is 363 Å². The van der Waals surface area contributed by atoms with Crippen molar-refractivity contribution in [3.63, 3.8) is 0 Å². The van der Waals surface area contributed by atoms with E-state index in [1.807, 2.05) is 6.92 Å². The van der Waals surface area contributed by atoms with Crippen LogP contribution >= 0.6 is 0 Å². The Balaban J connectivity index is 2.69. The number of nitrogens with one attached hydrogen (secondary N) is 7. The molecule has 1 aliphatic rings. The predicted molar refractivity (Wildman–Crippen MR) is 271 cm³/mol. The lowest BCUT2D eigenvalue weighted by Gasteiger charge is -2.42. The average Bonchev–Trinajstić information content (AvgIpc) is 3.35. The summed E-state index contributed by atoms with van der Waals surface area (Å²) in [6.45, 7) is 5.56. The fourth-order valence-corrected chi connectivity index (χ4v) is 7.56. The number of amides is 7. The molecule has 5 atom stereocenters. The molecule has 0 aromatic heterocycles. The number of rotatable bonds is 46. The Morgan fingerprint density at radius 1 is 0.521 bits per heavy atom. The molecule has 7 amide bonds. The number of ether oxygens (including phenoxy) is 5. The lowest BCUT2D eigenvalue weighted by molar-refractivity contribution is -0.270. The zero-order chi connectivity index (χ0) is 54.0. The molecule has 424 valence electrons. The molecule has 0 radical (unpaired) electrons. The molecule has 3 unspecified atom stereocenters. The van der Waals surface area contributed by atoms with E-state index in [0.29, 0.717) is 90.8 Å². The average molecular weight is 1050 g/mol. The molecule has 0 saturated carbocycles. The van der Waals surface area contributed by atoms with Crippen molar-refractivity contribution in [2.75, 3.05) is 98.7 Å². The van der Waals surface area contributed by atoms with Gasteiger partial charge in [0.05, 0.1) is 46.2 Å². The molecule has 0 bridgehead atoms. The van der Waals surface area contributed by atoms with Crippen LogP contribution in [0.15, 0.2) is 0 Å². The van der Waals surface area contributed by atoms with Crippen molar-refractivity contribution in [1.82, 2.24) is 37.2 Å². The van der Waals surface area contributed by atoms with E-state index in [-0.39, 0.29) is 114 Å². The molecule has 1 heterocycles. The second-order valence-electron chi connectivity index (χ2n) is 18.3. The number of hydrogen-bond donors (Lipinski definition) is 12. The summed E-state index contributed by atoms with van der Waals surface area (Å²) in [6.07, 6.45) is 6.22. The summed E-state index contributed by atoms with van der Waals surface area (Å²) in [4.78, 5) is 86.7. The number of carbonyl (C=O) groups excluding carboxylic acids is 7. The largest absolute Gasteiger partial charge is 0.394 e. The van der Waals surface area contributed by atoms with Crippen LogP contribution in [0.2, 0.25) is 0 Å². The Morgan fingerprint density at radius 2 is 0.932 bits per heavy atom. The second kappa shape index (κ2) is 43.2. The third-order valence-corrected chi connectivity index (χ3v) is 11.6. The van der Waals surface area contributed by atoms with Crippen LogP contribution in [-0.2, 0) is 57.2 Å². The van der Waals surface area contributed by atoms with Crippen molar-refractivity contribution < 1.29 is 72.6 Å². The van der Waals surface area contributed by atoms with Gasteiger partial charge in [-0.3, -0.25) is 33.6 Å². The summed E-state index contributed by atoms with van der Waals surface area (Å²) in [5, 5.41) is 49.6. The van der Waals surface area contributed by atoms with Crippen LogP contribution in [0.4, 0.5) is 0 Å². The highest BCUT2D eigenvalue weighted by atomic mass is 16.7. The van der Waals surface area contributed by atoms with Gasteiger partial charge >= 0.3 is 0 Å². The van der Waals surface area contributed by atoms with Gasteiger partial charge in [0.15, 0.2) is 6.29 Å². The number of aliphatic hydroxyl groups is 3. The van der Waals surface area contributed by atoms with Gasteiger partial charge in [0, 0.05) is 84.8 Å². The maximum Gasteiger partial charge on any atom is 0.222 e. The van der Waals surface area contributed by atoms with Crippen molar-refractivity contribution in [3.8, 4) is 0 Å². The van der Waals surface area contributed by atoms with Crippen LogP contribution in [0.25, 0.3) is 0 Å². The van der Waals surface area contributed by atoms with Gasteiger partial charge in [-0.1, -0.05) is 38.5 Å². The van der Waals surface area contributed by atoms with Crippen LogP contribution in [0.5, 0.6) is 0 Å². The standard InChI is InChI=1S/C49H93N9O15/c1-3-52-39(61)17-10-8-6-4-5-7-9-11-19-44(66)58-49(34-69-30-20-41(63)53-25-14-23-50,35-70-31-21-42(64)54-26-15-24-51)36-71-32-22-43(65)56-28-16-27-55-40(62)18-12-13-29-72-48-45(57-37(2)60)47(68)46(67)38(33-59)73-48/h38,45-48,59,67-68H,3-36,50-51H2,1-2H3,(H,52,61)(H,53,63)(H,54,64)(H,55,62)(H,56,65)(H,57,60)(H,58,66)/t38?,45?,46-,47?,48+/m0/s1. The number of nitrogens with two attached hydrogens (primary N) is 2. The molecule has 24 heteroatoms. The summed E-state index contributed by atoms with van der Waals surface area (Å²) >= 11 is 0. The number of unbranched alkanes of at least 4 members (excludes halogenated alkanes) is 8. The van der Waals surface area contributed by atoms with Crippen molar-refractivity contribution in [2.24, 2.45) is 11.5 Å². The Labute approximate surface area is 432 Å². The van der Waals surface area contributed by atoms with Crippen LogP contribution in [0.3, 0.4) is 0 Å². The molecular weight excluding hydrogens is 955 g/mol. The lowest BCUT2D eigenvalue weighted by atomic mass is 9.97. The molecule has 0 aromatic rings. The van der Waals surface area contributed by atoms with Crippen LogP contribution in [0.1, 0.15) is 136 Å². The van der Waals surface area contributed by atoms with E-state index >= 15 is 0 Å². The minimum Gasteiger partial charge on any atom is -0.394 e. The molecule has 0 spiro atoms. The summed E-state index contributed by atoms with van der Waals surface area (Å²) < 4.78 is 29.2. The normalized spacial score (nSPS) is 17.6. The van der Waals surface area contributed by atoms with Gasteiger partial charge < -0.3 is 87.7 Å². The maximum absolute atomic E-state index is 13.5. The zero-order valence-electron chi connectivity index (χ0n) is 43.8. The van der Waals surface area contributed by atoms with Crippen LogP contribution in [0, 0.1) is 0 Å². The molecule has 73 heavy (non-hydrogen) atoms. The third-order valence-electron chi connectivity index (χ3n) is 11.6. The number of aliphatic hydroxyl groups excluding tert-OH is 3. The fourth-order valence-electron chi connectivity index (χ4n) is 7.56. The summed E-state index contributed by atoms with van der Waals surface area (Å²) in [7, 11) is 0. The maximum atomic E-state index is 13.5. The van der Waals surface area contributed by atoms with Crippen molar-refractivity contribution in [3.05, 3.63) is 0 Å². The first-order chi connectivity index (χ1) is 35.2. The highest BCUT2D eigenvalue weighted by molar-refractivity contribution is 5.78. The first kappa shape index (κ1) is 66.9. The van der Waals surface area contributed by atoms with E-state index < -0.39 is 48.7 Å². The number of hydrogen-bond acceptors (Lipinski definition) is 17. The third kappa shape index (κ3) is 34.2. The molecular formula is C49H93N9O15. The quantitative estimate of drug-likeness (QED) is 0.0318. The minimum atomic E-state index is -1.42. The van der Waals surface area contributed by atoms with E-state index in [0.717, 1.165) is 44.9 Å². The summed E-state index contributed by atoms with van der Waals surface area (Å²) in [5.74, 6) is -1.53. The van der Waals surface area contributed by atoms with Gasteiger partial charge in [0.2, 0.25) is 41.4 Å². The van der Waals surface area contributed by atoms with E-state index in [1.54, 1.807) is 0 Å². The molecule has 1 fully saturated rings. The van der Waals surface area contributed by atoms with E-state index in [1.165, 1.54) is 6.92 Å². The molecule has 24 nitrogen and oxygen atoms in total. The Bertz CT molecular complexity index is 1510. The van der Waals surface area contributed by atoms with Gasteiger partial charge in [-0.15, -0.1) is 0 Å². The van der Waals surface area contributed by atoms with Gasteiger partial charge in [-0.2, -0.15) is 0 Å². The Morgan fingerprint density at radius 3 is 1.37 bits per heavy atom. The molecule has 0 aliphatic carbocycles. The lowest BCUT2D eigenvalue weighted by Crippen LogP contribution is -2.64. The van der Waals surface area contributed by atoms with Gasteiger partial charge in [0.1, 0.15) is 29.9 Å². The Kier molecular flexibility index (Phi) is 39.6. The summed E-state index contributed by atoms with van der Waals surface area (Å²) in [6, 6.07) is -1.05. The fraction of sp³-hybridized carbons (Fsp3) is 0.857. The molecule has 1 saturated heterocycles. The zero-order valence-corrected chi connectivity index (χ0v) is 43.8. The first-order valence-corrected chi connectivity index (χ1v) is 26.5. The van der Waals surface area contributed by atoms with Gasteiger partial charge in [-0.05, 0) is 65.0 Å². The number of carbonyl (C=O) groups is 7. The van der Waals surface area contributed by atoms with Gasteiger partial charge in [-0.25, -0.2) is 0 Å². The highest BCUT2D eigenvalue weighted by Crippen LogP contribution is 2.23. The monoisotopic (exact) mass is 1050 g/mol. The van der Waals surface area contributed by atoms with E-state index in [4.69, 9.17) is 35.2 Å². The predicted octanol–water partition coefficient (Wildman–Crippen LogP) is -1.22. The van der Waals surface area contributed by atoms with Crippen molar-refractivity contribution >= 4 is 41.4 Å². The Hall–Kier alpha value is -4.11. The van der Waals surface area contributed by atoms with Crippen LogP contribution < -0.4 is 48.7 Å². The molecule has 1 aliphatic heterocycles. The molecule has 14 N–H and O–H groups in total. The first-order valence-electron chi connectivity index (χ1n) is 26.5. The molecule has 1 rings (SSSR count). The van der Waals surface area contributed by atoms with Crippen molar-refractivity contribution in [1.29, 1.82) is 0 Å². The van der Waals surface area contributed by atoms with E-state index in [2.05, 4.69) is 37.2 Å². The second-order valence-corrected chi connectivity index (χ2v) is 18.3. The van der Waals surface area contributed by atoms with Gasteiger partial charge in [0.25, 0.3) is 0 Å². The SMILES string of the molecule is CCNC(=O)CCCCCCCCCCC(=O)NC(COCCC(=O)NCCCN)(COCCC(=O)NCCCN)COCCC(=O)NCCCNC(=O)CCCCO[C@@H]1OC(CO)[C@H](O)C(O)C1NC(C)=O. The highest BCUT2D eigenvalue weighted by Gasteiger charge is 2.45. The van der Waals surface area contributed by atoms with Crippen molar-refractivity contribution in [2.45, 2.75) is 172 Å². The smallest absolute Gasteiger partial charge is 0.222 e. The van der Waals surface area contributed by atoms with E-state index in [9.17, 15) is 48.9 Å². The molecule has 0 aromatic carbocycles. The summed E-state index contributed by atoms with van der Waals surface area (Å²) in [5.41, 5.74) is 9.85. The van der Waals surface area contributed by atoms with Crippen LogP contribution in [-0.4, -0.2) is 192 Å².